The Balaban J connectivity index is 1.64. The number of rotatable bonds is 5. The molecule has 0 aliphatic carbocycles. The van der Waals surface area contributed by atoms with E-state index >= 15 is 0 Å². The highest BCUT2D eigenvalue weighted by molar-refractivity contribution is 5.47. The van der Waals surface area contributed by atoms with Crippen molar-refractivity contribution in [3.8, 4) is 0 Å². The van der Waals surface area contributed by atoms with E-state index in [1.54, 1.807) is 0 Å². The second kappa shape index (κ2) is 7.10. The van der Waals surface area contributed by atoms with Gasteiger partial charge in [-0.15, -0.1) is 0 Å². The van der Waals surface area contributed by atoms with Crippen LogP contribution in [0.3, 0.4) is 0 Å². The molecule has 4 heteroatoms. The molecule has 0 spiro atoms. The number of hydrogen-bond donors (Lipinski definition) is 0. The quantitative estimate of drug-likeness (QED) is 0.697. The van der Waals surface area contributed by atoms with Crippen molar-refractivity contribution < 1.29 is 9.53 Å². The van der Waals surface area contributed by atoms with Crippen LogP contribution in [0.4, 0.5) is 0 Å². The van der Waals surface area contributed by atoms with Gasteiger partial charge in [0, 0.05) is 26.2 Å². The van der Waals surface area contributed by atoms with Crippen molar-refractivity contribution in [1.29, 1.82) is 0 Å². The van der Waals surface area contributed by atoms with Gasteiger partial charge in [0.05, 0.1) is 12.2 Å². The topological polar surface area (TPSA) is 32.8 Å². The minimum Gasteiger partial charge on any atom is -0.375 e. The molecule has 0 aromatic heterocycles. The van der Waals surface area contributed by atoms with Crippen LogP contribution >= 0.6 is 0 Å². The maximum Gasteiger partial charge on any atom is 0.209 e. The van der Waals surface area contributed by atoms with Crippen molar-refractivity contribution in [2.75, 3.05) is 32.7 Å². The molecule has 0 N–H and O–H groups in total. The summed E-state index contributed by atoms with van der Waals surface area (Å²) in [6.45, 7) is 7.57. The fraction of sp³-hybridized carbons (Fsp3) is 0.929. The number of carbonyl (C=O) groups excluding carboxylic acids is 1. The molecule has 0 aromatic carbocycles. The molecule has 1 amide bonds. The summed E-state index contributed by atoms with van der Waals surface area (Å²) in [7, 11) is 0. The molecular weight excluding hydrogens is 228 g/mol. The lowest BCUT2D eigenvalue weighted by Gasteiger charge is -2.36. The summed E-state index contributed by atoms with van der Waals surface area (Å²) in [6, 6.07) is 0. The molecule has 0 unspecified atom stereocenters. The summed E-state index contributed by atoms with van der Waals surface area (Å²) in [5.41, 5.74) is 0. The van der Waals surface area contributed by atoms with E-state index in [9.17, 15) is 4.79 Å². The summed E-state index contributed by atoms with van der Waals surface area (Å²) in [5.74, 6) is 0. The number of hydrogen-bond acceptors (Lipinski definition) is 3. The zero-order chi connectivity index (χ0) is 12.8. The first kappa shape index (κ1) is 13.8. The average molecular weight is 254 g/mol. The number of likely N-dealkylation sites (tertiary alicyclic amines) is 2. The van der Waals surface area contributed by atoms with Gasteiger partial charge in [0.2, 0.25) is 6.41 Å². The number of ether oxygens (including phenoxy) is 1. The predicted octanol–water partition coefficient (Wildman–Crippen LogP) is 1.50. The van der Waals surface area contributed by atoms with Gasteiger partial charge < -0.3 is 14.5 Å². The van der Waals surface area contributed by atoms with Crippen LogP contribution < -0.4 is 0 Å². The summed E-state index contributed by atoms with van der Waals surface area (Å²) in [6.07, 6.45) is 7.40. The van der Waals surface area contributed by atoms with Crippen molar-refractivity contribution >= 4 is 6.41 Å². The maximum absolute atomic E-state index is 10.6. The lowest BCUT2D eigenvalue weighted by atomic mass is 10.0. The van der Waals surface area contributed by atoms with E-state index in [0.717, 1.165) is 32.3 Å². The van der Waals surface area contributed by atoms with Gasteiger partial charge >= 0.3 is 0 Å². The first-order chi connectivity index (χ1) is 8.81. The highest BCUT2D eigenvalue weighted by Crippen LogP contribution is 2.20. The van der Waals surface area contributed by atoms with Crippen molar-refractivity contribution in [3.63, 3.8) is 0 Å². The van der Waals surface area contributed by atoms with Gasteiger partial charge in [0.25, 0.3) is 0 Å². The molecule has 0 atom stereocenters. The van der Waals surface area contributed by atoms with Crippen molar-refractivity contribution in [1.82, 2.24) is 9.80 Å². The molecule has 2 saturated heterocycles. The number of piperidine rings is 2. The Labute approximate surface area is 110 Å². The van der Waals surface area contributed by atoms with E-state index in [4.69, 9.17) is 4.74 Å². The highest BCUT2D eigenvalue weighted by Gasteiger charge is 2.25. The molecule has 0 saturated carbocycles. The second-order valence-electron chi connectivity index (χ2n) is 5.52. The molecule has 2 heterocycles. The van der Waals surface area contributed by atoms with E-state index in [1.807, 2.05) is 4.90 Å². The lowest BCUT2D eigenvalue weighted by molar-refractivity contribution is -0.122. The molecule has 104 valence electrons. The Hall–Kier alpha value is -0.610. The first-order valence-corrected chi connectivity index (χ1v) is 7.39. The van der Waals surface area contributed by atoms with Crippen LogP contribution in [0, 0.1) is 0 Å². The Morgan fingerprint density at radius 1 is 1.06 bits per heavy atom. The average Bonchev–Trinajstić information content (AvgIpc) is 2.42. The fourth-order valence-corrected chi connectivity index (χ4v) is 2.97. The molecule has 2 aliphatic rings. The summed E-state index contributed by atoms with van der Waals surface area (Å²) >= 11 is 0. The summed E-state index contributed by atoms with van der Waals surface area (Å²) in [5, 5.41) is 0. The van der Waals surface area contributed by atoms with Gasteiger partial charge in [0.15, 0.2) is 0 Å². The third-order valence-corrected chi connectivity index (χ3v) is 4.08. The predicted molar refractivity (Wildman–Crippen MR) is 71.5 cm³/mol. The molecule has 18 heavy (non-hydrogen) atoms. The van der Waals surface area contributed by atoms with Gasteiger partial charge in [-0.25, -0.2) is 0 Å². The monoisotopic (exact) mass is 254 g/mol. The molecular formula is C14H26N2O2. The number of amides is 1. The third-order valence-electron chi connectivity index (χ3n) is 4.08. The van der Waals surface area contributed by atoms with Gasteiger partial charge in [0.1, 0.15) is 0 Å². The molecule has 2 aliphatic heterocycles. The van der Waals surface area contributed by atoms with Crippen molar-refractivity contribution in [2.24, 2.45) is 0 Å². The maximum atomic E-state index is 10.6. The molecule has 4 nitrogen and oxygen atoms in total. The Morgan fingerprint density at radius 3 is 2.11 bits per heavy atom. The van der Waals surface area contributed by atoms with E-state index < -0.39 is 0 Å². The standard InChI is InChI=1S/C14H26N2O2/c1-2-7-15-8-3-13(4-9-15)18-14-5-10-16(12-17)11-6-14/h12-14H,2-11H2,1H3. The molecule has 0 radical (unpaired) electrons. The normalized spacial score (nSPS) is 24.4. The Morgan fingerprint density at radius 2 is 1.61 bits per heavy atom. The summed E-state index contributed by atoms with van der Waals surface area (Å²) in [4.78, 5) is 15.0. The SMILES string of the molecule is CCCN1CCC(OC2CCN(C=O)CC2)CC1. The van der Waals surface area contributed by atoms with Crippen LogP contribution in [0.2, 0.25) is 0 Å². The molecule has 0 aromatic rings. The third kappa shape index (κ3) is 3.95. The van der Waals surface area contributed by atoms with E-state index in [1.165, 1.54) is 38.9 Å². The first-order valence-electron chi connectivity index (χ1n) is 7.39. The van der Waals surface area contributed by atoms with Gasteiger partial charge in [-0.3, -0.25) is 4.79 Å². The minimum absolute atomic E-state index is 0.379. The van der Waals surface area contributed by atoms with Gasteiger partial charge in [-0.05, 0) is 38.6 Å². The number of nitrogens with zero attached hydrogens (tertiary/aromatic N) is 2. The lowest BCUT2D eigenvalue weighted by Crippen LogP contribution is -2.41. The summed E-state index contributed by atoms with van der Waals surface area (Å²) < 4.78 is 6.18. The Kier molecular flexibility index (Phi) is 5.45. The van der Waals surface area contributed by atoms with E-state index in [-0.39, 0.29) is 0 Å². The molecule has 2 fully saturated rings. The minimum atomic E-state index is 0.379. The van der Waals surface area contributed by atoms with Crippen LogP contribution in [0.1, 0.15) is 39.0 Å². The van der Waals surface area contributed by atoms with Crippen LogP contribution in [0.5, 0.6) is 0 Å². The number of carbonyl (C=O) groups is 1. The smallest absolute Gasteiger partial charge is 0.209 e. The van der Waals surface area contributed by atoms with Crippen LogP contribution in [-0.4, -0.2) is 61.1 Å². The zero-order valence-electron chi connectivity index (χ0n) is 11.5. The van der Waals surface area contributed by atoms with Crippen LogP contribution in [0.25, 0.3) is 0 Å². The molecule has 0 bridgehead atoms. The van der Waals surface area contributed by atoms with Gasteiger partial charge in [-0.1, -0.05) is 6.92 Å². The van der Waals surface area contributed by atoms with E-state index in [0.29, 0.717) is 12.2 Å². The Bertz CT molecular complexity index is 244. The fourth-order valence-electron chi connectivity index (χ4n) is 2.97. The molecule has 2 rings (SSSR count). The van der Waals surface area contributed by atoms with Crippen molar-refractivity contribution in [2.45, 2.75) is 51.2 Å². The van der Waals surface area contributed by atoms with Crippen LogP contribution in [-0.2, 0) is 9.53 Å². The van der Waals surface area contributed by atoms with Crippen molar-refractivity contribution in [3.05, 3.63) is 0 Å². The van der Waals surface area contributed by atoms with E-state index in [2.05, 4.69) is 11.8 Å². The van der Waals surface area contributed by atoms with Gasteiger partial charge in [-0.2, -0.15) is 0 Å². The zero-order valence-corrected chi connectivity index (χ0v) is 11.5. The second-order valence-corrected chi connectivity index (χ2v) is 5.52. The highest BCUT2D eigenvalue weighted by atomic mass is 16.5. The van der Waals surface area contributed by atoms with Crippen LogP contribution in [0.15, 0.2) is 0 Å². The largest absolute Gasteiger partial charge is 0.375 e.